The van der Waals surface area contributed by atoms with Crippen molar-refractivity contribution in [1.29, 1.82) is 0 Å². The highest BCUT2D eigenvalue weighted by atomic mass is 35.5. The van der Waals surface area contributed by atoms with Gasteiger partial charge in [0.1, 0.15) is 0 Å². The average molecular weight is 339 g/mol. The lowest BCUT2D eigenvalue weighted by atomic mass is 10.0. The SMILES string of the molecule is COCc1c(Cl)cccc1NC(=O)N[C@H]1CCO[C@@H](C2CC2)C1. The molecular weight excluding hydrogens is 316 g/mol. The fourth-order valence-corrected chi connectivity index (χ4v) is 3.30. The minimum Gasteiger partial charge on any atom is -0.380 e. The Bertz CT molecular complexity index is 563. The molecule has 0 unspecified atom stereocenters. The molecule has 1 heterocycles. The van der Waals surface area contributed by atoms with Gasteiger partial charge in [-0.1, -0.05) is 17.7 Å². The smallest absolute Gasteiger partial charge is 0.319 e. The molecule has 126 valence electrons. The van der Waals surface area contributed by atoms with Crippen LogP contribution in [-0.2, 0) is 16.1 Å². The first-order valence-electron chi connectivity index (χ1n) is 8.13. The van der Waals surface area contributed by atoms with Crippen LogP contribution in [0.5, 0.6) is 0 Å². The van der Waals surface area contributed by atoms with Crippen LogP contribution in [0.3, 0.4) is 0 Å². The summed E-state index contributed by atoms with van der Waals surface area (Å²) in [5, 5.41) is 6.53. The molecule has 0 aromatic heterocycles. The number of anilines is 1. The van der Waals surface area contributed by atoms with Crippen molar-refractivity contribution in [2.75, 3.05) is 19.0 Å². The van der Waals surface area contributed by atoms with Crippen molar-refractivity contribution >= 4 is 23.3 Å². The number of methoxy groups -OCH3 is 1. The Morgan fingerprint density at radius 1 is 1.39 bits per heavy atom. The van der Waals surface area contributed by atoms with E-state index in [1.165, 1.54) is 12.8 Å². The maximum atomic E-state index is 12.3. The standard InChI is InChI=1S/C17H23ClN2O3/c1-22-10-13-14(18)3-2-4-15(13)20-17(21)19-12-7-8-23-16(9-12)11-5-6-11/h2-4,11-12,16H,5-10H2,1H3,(H2,19,20,21)/t12-,16+/m0/s1. The maximum Gasteiger partial charge on any atom is 0.319 e. The van der Waals surface area contributed by atoms with Crippen LogP contribution in [0.4, 0.5) is 10.5 Å². The quantitative estimate of drug-likeness (QED) is 0.863. The molecule has 3 rings (SSSR count). The van der Waals surface area contributed by atoms with E-state index < -0.39 is 0 Å². The van der Waals surface area contributed by atoms with Crippen LogP contribution in [0.25, 0.3) is 0 Å². The number of urea groups is 1. The lowest BCUT2D eigenvalue weighted by Gasteiger charge is -2.30. The zero-order valence-corrected chi connectivity index (χ0v) is 14.1. The molecule has 1 saturated carbocycles. The highest BCUT2D eigenvalue weighted by Gasteiger charge is 2.36. The molecule has 2 N–H and O–H groups in total. The van der Waals surface area contributed by atoms with Crippen molar-refractivity contribution in [2.24, 2.45) is 5.92 Å². The number of halogens is 1. The molecule has 1 aliphatic carbocycles. The number of ether oxygens (including phenoxy) is 2. The minimum absolute atomic E-state index is 0.166. The Kier molecular flexibility index (Phi) is 5.41. The summed E-state index contributed by atoms with van der Waals surface area (Å²) >= 11 is 6.18. The molecule has 2 fully saturated rings. The number of rotatable bonds is 5. The van der Waals surface area contributed by atoms with Crippen molar-refractivity contribution in [2.45, 2.75) is 44.4 Å². The summed E-state index contributed by atoms with van der Waals surface area (Å²) < 4.78 is 10.9. The summed E-state index contributed by atoms with van der Waals surface area (Å²) in [7, 11) is 1.60. The molecule has 1 aromatic carbocycles. The van der Waals surface area contributed by atoms with E-state index in [0.29, 0.717) is 29.3 Å². The summed E-state index contributed by atoms with van der Waals surface area (Å²) in [6, 6.07) is 5.40. The van der Waals surface area contributed by atoms with E-state index in [2.05, 4.69) is 10.6 Å². The number of hydrogen-bond donors (Lipinski definition) is 2. The van der Waals surface area contributed by atoms with Gasteiger partial charge in [0.25, 0.3) is 0 Å². The van der Waals surface area contributed by atoms with Gasteiger partial charge in [-0.25, -0.2) is 4.79 Å². The van der Waals surface area contributed by atoms with Gasteiger partial charge >= 0.3 is 6.03 Å². The monoisotopic (exact) mass is 338 g/mol. The molecule has 2 atom stereocenters. The fourth-order valence-electron chi connectivity index (χ4n) is 3.07. The molecule has 1 aromatic rings. The lowest BCUT2D eigenvalue weighted by Crippen LogP contribution is -2.44. The molecule has 0 bridgehead atoms. The van der Waals surface area contributed by atoms with E-state index in [4.69, 9.17) is 21.1 Å². The number of amides is 2. The Balaban J connectivity index is 1.57. The minimum atomic E-state index is -0.203. The highest BCUT2D eigenvalue weighted by molar-refractivity contribution is 6.31. The first-order valence-corrected chi connectivity index (χ1v) is 8.50. The lowest BCUT2D eigenvalue weighted by molar-refractivity contribution is -0.00889. The van der Waals surface area contributed by atoms with E-state index in [9.17, 15) is 4.79 Å². The van der Waals surface area contributed by atoms with E-state index in [1.54, 1.807) is 13.2 Å². The Morgan fingerprint density at radius 3 is 2.96 bits per heavy atom. The summed E-state index contributed by atoms with van der Waals surface area (Å²) in [4.78, 5) is 12.3. The summed E-state index contributed by atoms with van der Waals surface area (Å²) in [6.45, 7) is 1.08. The van der Waals surface area contributed by atoms with Gasteiger partial charge in [-0.2, -0.15) is 0 Å². The number of hydrogen-bond acceptors (Lipinski definition) is 3. The zero-order chi connectivity index (χ0) is 16.2. The van der Waals surface area contributed by atoms with Crippen molar-refractivity contribution in [3.05, 3.63) is 28.8 Å². The Labute approximate surface area is 141 Å². The number of benzene rings is 1. The summed E-state index contributed by atoms with van der Waals surface area (Å²) in [5.41, 5.74) is 1.47. The number of nitrogens with one attached hydrogen (secondary N) is 2. The van der Waals surface area contributed by atoms with Gasteiger partial charge in [-0.3, -0.25) is 0 Å². The molecule has 1 aliphatic heterocycles. The molecule has 2 amide bonds. The van der Waals surface area contributed by atoms with Crippen molar-refractivity contribution in [3.8, 4) is 0 Å². The van der Waals surface area contributed by atoms with Crippen LogP contribution >= 0.6 is 11.6 Å². The van der Waals surface area contributed by atoms with Crippen LogP contribution < -0.4 is 10.6 Å². The van der Waals surface area contributed by atoms with Gasteiger partial charge in [0, 0.05) is 36.0 Å². The molecule has 23 heavy (non-hydrogen) atoms. The summed E-state index contributed by atoms with van der Waals surface area (Å²) in [6.07, 6.45) is 4.58. The predicted octanol–water partition coefficient (Wildman–Crippen LogP) is 3.57. The first-order chi connectivity index (χ1) is 11.2. The van der Waals surface area contributed by atoms with E-state index >= 15 is 0 Å². The Morgan fingerprint density at radius 2 is 2.22 bits per heavy atom. The van der Waals surface area contributed by atoms with E-state index in [0.717, 1.165) is 25.0 Å². The third-order valence-electron chi connectivity index (χ3n) is 4.45. The second-order valence-corrected chi connectivity index (χ2v) is 6.67. The molecule has 5 nitrogen and oxygen atoms in total. The van der Waals surface area contributed by atoms with Crippen LogP contribution in [0, 0.1) is 5.92 Å². The van der Waals surface area contributed by atoms with Crippen LogP contribution in [0.2, 0.25) is 5.02 Å². The van der Waals surface area contributed by atoms with E-state index in [1.807, 2.05) is 12.1 Å². The normalized spacial score (nSPS) is 24.3. The second kappa shape index (κ2) is 7.51. The molecule has 1 saturated heterocycles. The van der Waals surface area contributed by atoms with Crippen LogP contribution in [-0.4, -0.2) is 31.9 Å². The third-order valence-corrected chi connectivity index (χ3v) is 4.81. The first kappa shape index (κ1) is 16.6. The summed E-state index contributed by atoms with van der Waals surface area (Å²) in [5.74, 6) is 0.698. The predicted molar refractivity (Wildman–Crippen MR) is 89.8 cm³/mol. The highest BCUT2D eigenvalue weighted by Crippen LogP contribution is 2.38. The van der Waals surface area contributed by atoms with Gasteiger partial charge in [-0.05, 0) is 43.7 Å². The Hall–Kier alpha value is -1.30. The number of carbonyl (C=O) groups excluding carboxylic acids is 1. The van der Waals surface area contributed by atoms with Crippen molar-refractivity contribution in [3.63, 3.8) is 0 Å². The molecule has 0 spiro atoms. The van der Waals surface area contributed by atoms with Crippen LogP contribution in [0.1, 0.15) is 31.2 Å². The molecular formula is C17H23ClN2O3. The van der Waals surface area contributed by atoms with Gasteiger partial charge < -0.3 is 20.1 Å². The fraction of sp³-hybridized carbons (Fsp3) is 0.588. The second-order valence-electron chi connectivity index (χ2n) is 6.27. The molecule has 2 aliphatic rings. The van der Waals surface area contributed by atoms with Crippen molar-refractivity contribution < 1.29 is 14.3 Å². The van der Waals surface area contributed by atoms with Crippen LogP contribution in [0.15, 0.2) is 18.2 Å². The average Bonchev–Trinajstić information content (AvgIpc) is 3.36. The third kappa shape index (κ3) is 4.37. The van der Waals surface area contributed by atoms with Gasteiger partial charge in [0.15, 0.2) is 0 Å². The maximum absolute atomic E-state index is 12.3. The van der Waals surface area contributed by atoms with Gasteiger partial charge in [0.05, 0.1) is 12.7 Å². The number of carbonyl (C=O) groups is 1. The topological polar surface area (TPSA) is 59.6 Å². The molecule has 6 heteroatoms. The van der Waals surface area contributed by atoms with Crippen molar-refractivity contribution in [1.82, 2.24) is 5.32 Å². The zero-order valence-electron chi connectivity index (χ0n) is 13.3. The molecule has 0 radical (unpaired) electrons. The van der Waals surface area contributed by atoms with Gasteiger partial charge in [0.2, 0.25) is 0 Å². The van der Waals surface area contributed by atoms with Gasteiger partial charge in [-0.15, -0.1) is 0 Å². The van der Waals surface area contributed by atoms with E-state index in [-0.39, 0.29) is 12.1 Å². The largest absolute Gasteiger partial charge is 0.380 e.